The highest BCUT2D eigenvalue weighted by Crippen LogP contribution is 2.08. The van der Waals surface area contributed by atoms with Crippen molar-refractivity contribution in [3.05, 3.63) is 0 Å². The third kappa shape index (κ3) is 4.70. The molecule has 0 heterocycles. The lowest BCUT2D eigenvalue weighted by molar-refractivity contribution is 0.0417. The van der Waals surface area contributed by atoms with Crippen LogP contribution in [-0.2, 0) is 4.74 Å². The molecule has 0 aliphatic heterocycles. The first-order valence-corrected chi connectivity index (χ1v) is 3.62. The molecule has 0 fully saturated rings. The van der Waals surface area contributed by atoms with Gasteiger partial charge in [0.25, 0.3) is 7.41 Å². The van der Waals surface area contributed by atoms with Gasteiger partial charge in [-0.05, 0) is 27.8 Å². The van der Waals surface area contributed by atoms with Gasteiger partial charge in [-0.3, -0.25) is 0 Å². The summed E-state index contributed by atoms with van der Waals surface area (Å²) in [5.41, 5.74) is -0.408. The first kappa shape index (κ1) is 10.3. The van der Waals surface area contributed by atoms with Crippen molar-refractivity contribution in [2.24, 2.45) is 0 Å². The van der Waals surface area contributed by atoms with Gasteiger partial charge in [-0.15, -0.1) is 0 Å². The molecule has 1 amide bonds. The van der Waals surface area contributed by atoms with Crippen LogP contribution in [-0.4, -0.2) is 31.0 Å². The summed E-state index contributed by atoms with van der Waals surface area (Å²) in [5, 5.41) is 0. The molecule has 0 aromatic heterocycles. The van der Waals surface area contributed by atoms with Crippen LogP contribution in [0.3, 0.4) is 0 Å². The first-order chi connectivity index (χ1) is 4.87. The molecule has 0 spiro atoms. The van der Waals surface area contributed by atoms with Gasteiger partial charge in [-0.25, -0.2) is 4.79 Å². The lowest BCUT2D eigenvalue weighted by atomic mass is 9.98. The second-order valence-electron chi connectivity index (χ2n) is 3.35. The normalized spacial score (nSPS) is 10.6. The largest absolute Gasteiger partial charge is 0.445 e. The van der Waals surface area contributed by atoms with E-state index in [0.717, 1.165) is 0 Å². The van der Waals surface area contributed by atoms with Crippen molar-refractivity contribution in [2.75, 3.05) is 7.05 Å². The summed E-state index contributed by atoms with van der Waals surface area (Å²) in [5.74, 6) is 0. The van der Waals surface area contributed by atoms with Crippen molar-refractivity contribution in [2.45, 2.75) is 33.2 Å². The molecule has 0 aliphatic carbocycles. The smallest absolute Gasteiger partial charge is 0.397 e. The van der Waals surface area contributed by atoms with Gasteiger partial charge in [0.15, 0.2) is 0 Å². The van der Waals surface area contributed by atoms with Gasteiger partial charge in [0.2, 0.25) is 0 Å². The predicted octanol–water partition coefficient (Wildman–Crippen LogP) is 1.52. The summed E-state index contributed by atoms with van der Waals surface area (Å²) < 4.78 is 5.05. The Bertz CT molecular complexity index is 142. The van der Waals surface area contributed by atoms with Crippen LogP contribution in [0.4, 0.5) is 4.79 Å². The van der Waals surface area contributed by atoms with Gasteiger partial charge in [0.1, 0.15) is 5.60 Å². The van der Waals surface area contributed by atoms with Crippen molar-refractivity contribution < 1.29 is 9.53 Å². The topological polar surface area (TPSA) is 29.5 Å². The number of hydrogen-bond acceptors (Lipinski definition) is 2. The summed E-state index contributed by atoms with van der Waals surface area (Å²) in [6.07, 6.45) is -0.319. The van der Waals surface area contributed by atoms with Gasteiger partial charge < -0.3 is 9.55 Å². The minimum atomic E-state index is -0.408. The SMILES string of the molecule is C[B]N(C)C(=O)OC(C)(C)C. The van der Waals surface area contributed by atoms with Crippen LogP contribution in [0.15, 0.2) is 0 Å². The maximum absolute atomic E-state index is 11.1. The summed E-state index contributed by atoms with van der Waals surface area (Å²) in [6, 6.07) is 0. The van der Waals surface area contributed by atoms with Crippen LogP contribution in [0.5, 0.6) is 0 Å². The van der Waals surface area contributed by atoms with Crippen molar-refractivity contribution >= 4 is 13.5 Å². The molecular weight excluding hydrogens is 141 g/mol. The molecule has 0 unspecified atom stereocenters. The van der Waals surface area contributed by atoms with Crippen LogP contribution in [0, 0.1) is 0 Å². The number of ether oxygens (including phenoxy) is 1. The van der Waals surface area contributed by atoms with E-state index in [1.54, 1.807) is 21.3 Å². The van der Waals surface area contributed by atoms with Gasteiger partial charge in [0, 0.05) is 0 Å². The van der Waals surface area contributed by atoms with E-state index < -0.39 is 5.60 Å². The summed E-state index contributed by atoms with van der Waals surface area (Å²) >= 11 is 0. The van der Waals surface area contributed by atoms with Gasteiger partial charge >= 0.3 is 6.09 Å². The van der Waals surface area contributed by atoms with E-state index in [2.05, 4.69) is 0 Å². The Morgan fingerprint density at radius 2 is 1.91 bits per heavy atom. The summed E-state index contributed by atoms with van der Waals surface area (Å²) in [7, 11) is 3.32. The van der Waals surface area contributed by atoms with E-state index in [4.69, 9.17) is 4.74 Å². The molecule has 11 heavy (non-hydrogen) atoms. The molecule has 0 N–H and O–H groups in total. The van der Waals surface area contributed by atoms with E-state index >= 15 is 0 Å². The number of carbonyl (C=O) groups is 1. The highest BCUT2D eigenvalue weighted by Gasteiger charge is 2.18. The Morgan fingerprint density at radius 3 is 2.18 bits per heavy atom. The molecule has 0 rings (SSSR count). The maximum Gasteiger partial charge on any atom is 0.397 e. The third-order valence-electron chi connectivity index (χ3n) is 1.07. The van der Waals surface area contributed by atoms with Gasteiger partial charge in [0.05, 0.1) is 0 Å². The summed E-state index contributed by atoms with van der Waals surface area (Å²) in [4.78, 5) is 12.5. The zero-order valence-corrected chi connectivity index (χ0v) is 7.84. The highest BCUT2D eigenvalue weighted by molar-refractivity contribution is 6.34. The fourth-order valence-electron chi connectivity index (χ4n) is 0.439. The molecule has 0 bridgehead atoms. The number of amides is 1. The van der Waals surface area contributed by atoms with Crippen molar-refractivity contribution in [1.82, 2.24) is 4.81 Å². The molecule has 0 saturated carbocycles. The Labute approximate surface area is 69.0 Å². The summed E-state index contributed by atoms with van der Waals surface area (Å²) in [6.45, 7) is 7.31. The fraction of sp³-hybridized carbons (Fsp3) is 0.857. The molecule has 0 aromatic rings. The fourth-order valence-corrected chi connectivity index (χ4v) is 0.439. The zero-order valence-electron chi connectivity index (χ0n) is 7.84. The molecule has 4 heteroatoms. The van der Waals surface area contributed by atoms with E-state index in [-0.39, 0.29) is 6.09 Å². The van der Waals surface area contributed by atoms with E-state index in [1.165, 1.54) is 4.81 Å². The van der Waals surface area contributed by atoms with Crippen molar-refractivity contribution in [1.29, 1.82) is 0 Å². The van der Waals surface area contributed by atoms with Crippen molar-refractivity contribution in [3.8, 4) is 0 Å². The minimum Gasteiger partial charge on any atom is -0.445 e. The Morgan fingerprint density at radius 1 is 1.45 bits per heavy atom. The van der Waals surface area contributed by atoms with Crippen LogP contribution >= 0.6 is 0 Å². The van der Waals surface area contributed by atoms with Crippen LogP contribution < -0.4 is 0 Å². The molecule has 0 aromatic carbocycles. The second-order valence-corrected chi connectivity index (χ2v) is 3.35. The lowest BCUT2D eigenvalue weighted by Gasteiger charge is -2.23. The van der Waals surface area contributed by atoms with Gasteiger partial charge in [-0.2, -0.15) is 0 Å². The lowest BCUT2D eigenvalue weighted by Crippen LogP contribution is -2.35. The zero-order chi connectivity index (χ0) is 9.07. The Kier molecular flexibility index (Phi) is 3.43. The van der Waals surface area contributed by atoms with Crippen LogP contribution in [0.2, 0.25) is 6.82 Å². The third-order valence-corrected chi connectivity index (χ3v) is 1.07. The molecule has 3 nitrogen and oxygen atoms in total. The molecule has 63 valence electrons. The average molecular weight is 156 g/mol. The quantitative estimate of drug-likeness (QED) is 0.538. The molecule has 0 aliphatic rings. The molecule has 0 atom stereocenters. The second kappa shape index (κ2) is 3.65. The Balaban J connectivity index is 3.88. The van der Waals surface area contributed by atoms with E-state index in [1.807, 2.05) is 20.8 Å². The Hall–Kier alpha value is -0.665. The van der Waals surface area contributed by atoms with Crippen molar-refractivity contribution in [3.63, 3.8) is 0 Å². The number of rotatable bonds is 1. The molecular formula is C7H15BNO2. The number of hydrogen-bond donors (Lipinski definition) is 0. The average Bonchev–Trinajstić information content (AvgIpc) is 1.82. The highest BCUT2D eigenvalue weighted by atomic mass is 16.6. The standard InChI is InChI=1S/C7H15BNO2/c1-7(2,3)11-6(10)9(5)8-4/h1-5H3. The molecule has 1 radical (unpaired) electrons. The van der Waals surface area contributed by atoms with E-state index in [0.29, 0.717) is 0 Å². The number of nitrogens with zero attached hydrogens (tertiary/aromatic N) is 1. The predicted molar refractivity (Wildman–Crippen MR) is 45.6 cm³/mol. The van der Waals surface area contributed by atoms with E-state index in [9.17, 15) is 4.79 Å². The van der Waals surface area contributed by atoms with Gasteiger partial charge in [-0.1, -0.05) is 6.82 Å². The number of carbonyl (C=O) groups excluding carboxylic acids is 1. The maximum atomic E-state index is 11.1. The monoisotopic (exact) mass is 156 g/mol. The minimum absolute atomic E-state index is 0.319. The van der Waals surface area contributed by atoms with Crippen LogP contribution in [0.1, 0.15) is 20.8 Å². The molecule has 0 saturated heterocycles. The first-order valence-electron chi connectivity index (χ1n) is 3.62. The van der Waals surface area contributed by atoms with Crippen LogP contribution in [0.25, 0.3) is 0 Å².